The van der Waals surface area contributed by atoms with Gasteiger partial charge in [0.1, 0.15) is 0 Å². The molecule has 1 atom stereocenters. The van der Waals surface area contributed by atoms with Gasteiger partial charge in [-0.3, -0.25) is 0 Å². The first-order valence-electron chi connectivity index (χ1n) is 6.58. The fourth-order valence-corrected chi connectivity index (χ4v) is 2.57. The summed E-state index contributed by atoms with van der Waals surface area (Å²) >= 11 is 0. The molecule has 0 aromatic carbocycles. The van der Waals surface area contributed by atoms with Gasteiger partial charge in [0.2, 0.25) is 0 Å². The maximum absolute atomic E-state index is 3.60. The number of rotatable bonds is 7. The van der Waals surface area contributed by atoms with Crippen molar-refractivity contribution < 1.29 is 0 Å². The Morgan fingerprint density at radius 2 is 1.93 bits per heavy atom. The largest absolute Gasteiger partial charge is 0.317 e. The van der Waals surface area contributed by atoms with Crippen molar-refractivity contribution in [3.8, 4) is 0 Å². The van der Waals surface area contributed by atoms with Crippen LogP contribution in [0.2, 0.25) is 0 Å². The Bertz CT molecular complexity index is 166. The highest BCUT2D eigenvalue weighted by molar-refractivity contribution is 4.85. The minimum Gasteiger partial charge on any atom is -0.317 e. The molecule has 1 saturated carbocycles. The molecule has 15 heavy (non-hydrogen) atoms. The standard InChI is InChI=1S/C13H28N2/c1-4-14-9-6-10-15-11-12-7-5-8-13(12,2)3/h12,14-15H,4-11H2,1-3H3. The van der Waals surface area contributed by atoms with E-state index in [1.54, 1.807) is 0 Å². The van der Waals surface area contributed by atoms with Crippen LogP contribution >= 0.6 is 0 Å². The molecule has 0 amide bonds. The van der Waals surface area contributed by atoms with Crippen molar-refractivity contribution in [2.75, 3.05) is 26.2 Å². The lowest BCUT2D eigenvalue weighted by atomic mass is 9.82. The molecule has 1 aliphatic carbocycles. The van der Waals surface area contributed by atoms with Crippen molar-refractivity contribution in [2.24, 2.45) is 11.3 Å². The number of nitrogens with one attached hydrogen (secondary N) is 2. The van der Waals surface area contributed by atoms with Gasteiger partial charge in [0.25, 0.3) is 0 Å². The highest BCUT2D eigenvalue weighted by Gasteiger charge is 2.33. The molecular weight excluding hydrogens is 184 g/mol. The fraction of sp³-hybridized carbons (Fsp3) is 1.00. The smallest absolute Gasteiger partial charge is 0.00154 e. The van der Waals surface area contributed by atoms with Gasteiger partial charge in [-0.1, -0.05) is 27.2 Å². The molecule has 2 nitrogen and oxygen atoms in total. The third-order valence-electron chi connectivity index (χ3n) is 3.83. The monoisotopic (exact) mass is 212 g/mol. The van der Waals surface area contributed by atoms with Gasteiger partial charge in [-0.05, 0) is 56.8 Å². The Hall–Kier alpha value is -0.0800. The van der Waals surface area contributed by atoms with Gasteiger partial charge in [0.15, 0.2) is 0 Å². The zero-order chi connectivity index (χ0) is 11.1. The normalized spacial score (nSPS) is 24.6. The third kappa shape index (κ3) is 4.52. The second-order valence-corrected chi connectivity index (χ2v) is 5.49. The van der Waals surface area contributed by atoms with E-state index in [9.17, 15) is 0 Å². The number of hydrogen-bond acceptors (Lipinski definition) is 2. The molecule has 0 aliphatic heterocycles. The van der Waals surface area contributed by atoms with E-state index in [-0.39, 0.29) is 0 Å². The van der Waals surface area contributed by atoms with Crippen molar-refractivity contribution in [2.45, 2.75) is 46.5 Å². The van der Waals surface area contributed by atoms with Crippen LogP contribution in [0.4, 0.5) is 0 Å². The summed E-state index contributed by atoms with van der Waals surface area (Å²) in [5.74, 6) is 0.900. The van der Waals surface area contributed by atoms with Crippen molar-refractivity contribution in [3.05, 3.63) is 0 Å². The lowest BCUT2D eigenvalue weighted by Gasteiger charge is -2.27. The second kappa shape index (κ2) is 6.49. The van der Waals surface area contributed by atoms with E-state index in [0.29, 0.717) is 5.41 Å². The van der Waals surface area contributed by atoms with Crippen molar-refractivity contribution in [1.82, 2.24) is 10.6 Å². The summed E-state index contributed by atoms with van der Waals surface area (Å²) in [6.45, 7) is 11.6. The molecule has 0 heterocycles. The minimum atomic E-state index is 0.578. The van der Waals surface area contributed by atoms with Gasteiger partial charge in [-0.2, -0.15) is 0 Å². The Kier molecular flexibility index (Phi) is 5.62. The maximum atomic E-state index is 3.60. The van der Waals surface area contributed by atoms with Crippen molar-refractivity contribution >= 4 is 0 Å². The van der Waals surface area contributed by atoms with Crippen LogP contribution in [0, 0.1) is 11.3 Å². The molecule has 2 N–H and O–H groups in total. The Labute approximate surface area is 95.2 Å². The molecule has 1 aliphatic rings. The van der Waals surface area contributed by atoms with Crippen LogP contribution in [0.25, 0.3) is 0 Å². The van der Waals surface area contributed by atoms with Gasteiger partial charge < -0.3 is 10.6 Å². The summed E-state index contributed by atoms with van der Waals surface area (Å²) in [5.41, 5.74) is 0.578. The zero-order valence-corrected chi connectivity index (χ0v) is 10.7. The Morgan fingerprint density at radius 1 is 1.20 bits per heavy atom. The predicted octanol–water partition coefficient (Wildman–Crippen LogP) is 2.40. The predicted molar refractivity (Wildman–Crippen MR) is 67.2 cm³/mol. The highest BCUT2D eigenvalue weighted by Crippen LogP contribution is 2.41. The van der Waals surface area contributed by atoms with Gasteiger partial charge in [-0.25, -0.2) is 0 Å². The quantitative estimate of drug-likeness (QED) is 0.633. The second-order valence-electron chi connectivity index (χ2n) is 5.49. The topological polar surface area (TPSA) is 24.1 Å². The molecule has 0 aromatic rings. The summed E-state index contributed by atoms with van der Waals surface area (Å²) in [7, 11) is 0. The molecule has 1 rings (SSSR count). The van der Waals surface area contributed by atoms with Crippen molar-refractivity contribution in [1.29, 1.82) is 0 Å². The van der Waals surface area contributed by atoms with Crippen LogP contribution in [0.3, 0.4) is 0 Å². The van der Waals surface area contributed by atoms with E-state index in [4.69, 9.17) is 0 Å². The molecule has 90 valence electrons. The van der Waals surface area contributed by atoms with Crippen LogP contribution in [-0.2, 0) is 0 Å². The van der Waals surface area contributed by atoms with Crippen LogP contribution in [0.15, 0.2) is 0 Å². The number of hydrogen-bond donors (Lipinski definition) is 2. The molecule has 1 fully saturated rings. The Balaban J connectivity index is 2.00. The SMILES string of the molecule is CCNCCCNCC1CCCC1(C)C. The van der Waals surface area contributed by atoms with E-state index in [2.05, 4.69) is 31.4 Å². The van der Waals surface area contributed by atoms with Gasteiger partial charge >= 0.3 is 0 Å². The molecular formula is C13H28N2. The zero-order valence-electron chi connectivity index (χ0n) is 10.7. The van der Waals surface area contributed by atoms with E-state index < -0.39 is 0 Å². The van der Waals surface area contributed by atoms with E-state index in [0.717, 1.165) is 19.0 Å². The molecule has 2 heteroatoms. The molecule has 0 saturated heterocycles. The molecule has 0 spiro atoms. The lowest BCUT2D eigenvalue weighted by molar-refractivity contribution is 0.251. The van der Waals surface area contributed by atoms with Crippen LogP contribution in [0.5, 0.6) is 0 Å². The third-order valence-corrected chi connectivity index (χ3v) is 3.83. The summed E-state index contributed by atoms with van der Waals surface area (Å²) < 4.78 is 0. The molecule has 0 aromatic heterocycles. The van der Waals surface area contributed by atoms with E-state index in [1.807, 2.05) is 0 Å². The average molecular weight is 212 g/mol. The summed E-state index contributed by atoms with van der Waals surface area (Å²) in [4.78, 5) is 0. The van der Waals surface area contributed by atoms with Crippen molar-refractivity contribution in [3.63, 3.8) is 0 Å². The Morgan fingerprint density at radius 3 is 2.53 bits per heavy atom. The minimum absolute atomic E-state index is 0.578. The first-order chi connectivity index (χ1) is 7.17. The van der Waals surface area contributed by atoms with Gasteiger partial charge in [0.05, 0.1) is 0 Å². The molecule has 1 unspecified atom stereocenters. The van der Waals surface area contributed by atoms with E-state index in [1.165, 1.54) is 38.8 Å². The van der Waals surface area contributed by atoms with Crippen LogP contribution in [0.1, 0.15) is 46.5 Å². The highest BCUT2D eigenvalue weighted by atomic mass is 14.9. The molecule has 0 radical (unpaired) electrons. The van der Waals surface area contributed by atoms with Gasteiger partial charge in [0, 0.05) is 0 Å². The van der Waals surface area contributed by atoms with Gasteiger partial charge in [-0.15, -0.1) is 0 Å². The van der Waals surface area contributed by atoms with E-state index >= 15 is 0 Å². The maximum Gasteiger partial charge on any atom is -0.00154 e. The average Bonchev–Trinajstić information content (AvgIpc) is 2.52. The fourth-order valence-electron chi connectivity index (χ4n) is 2.57. The van der Waals surface area contributed by atoms with Crippen LogP contribution < -0.4 is 10.6 Å². The summed E-state index contributed by atoms with van der Waals surface area (Å²) in [5, 5.41) is 6.95. The van der Waals surface area contributed by atoms with Crippen LogP contribution in [-0.4, -0.2) is 26.2 Å². The lowest BCUT2D eigenvalue weighted by Crippen LogP contribution is -2.31. The summed E-state index contributed by atoms with van der Waals surface area (Å²) in [6, 6.07) is 0. The first-order valence-corrected chi connectivity index (χ1v) is 6.58. The molecule has 0 bridgehead atoms. The summed E-state index contributed by atoms with van der Waals surface area (Å²) in [6.07, 6.45) is 5.52. The first kappa shape index (κ1) is 13.0.